The molecule has 1 saturated carbocycles. The Hall–Kier alpha value is -0.290. The molecule has 1 fully saturated rings. The molecular weight excluding hydrogens is 298 g/mol. The second-order valence-corrected chi connectivity index (χ2v) is 6.44. The van der Waals surface area contributed by atoms with E-state index in [1.165, 1.54) is 25.7 Å². The van der Waals surface area contributed by atoms with E-state index in [2.05, 4.69) is 31.2 Å². The summed E-state index contributed by atoms with van der Waals surface area (Å²) < 4.78 is 0.967. The Morgan fingerprint density at radius 1 is 1.35 bits per heavy atom. The van der Waals surface area contributed by atoms with Crippen LogP contribution >= 0.6 is 27.7 Å². The van der Waals surface area contributed by atoms with Crippen LogP contribution in [0.25, 0.3) is 0 Å². The van der Waals surface area contributed by atoms with Crippen LogP contribution in [0.4, 0.5) is 5.82 Å². The van der Waals surface area contributed by atoms with E-state index in [1.54, 1.807) is 0 Å². The smallest absolute Gasteiger partial charge is 0.144 e. The summed E-state index contributed by atoms with van der Waals surface area (Å²) in [5, 5.41) is 3.92. The lowest BCUT2D eigenvalue weighted by Gasteiger charge is -2.10. The van der Waals surface area contributed by atoms with E-state index in [-0.39, 0.29) is 0 Å². The second kappa shape index (κ2) is 6.05. The van der Waals surface area contributed by atoms with Crippen LogP contribution in [0.5, 0.6) is 0 Å². The van der Waals surface area contributed by atoms with Crippen molar-refractivity contribution in [2.45, 2.75) is 43.6 Å². The highest BCUT2D eigenvalue weighted by atomic mass is 79.9. The number of hydrogen-bond donors (Lipinski definition) is 1. The van der Waals surface area contributed by atoms with Gasteiger partial charge >= 0.3 is 0 Å². The number of rotatable bonds is 4. The van der Waals surface area contributed by atoms with Gasteiger partial charge in [-0.1, -0.05) is 12.8 Å². The predicted octanol–water partition coefficient (Wildman–Crippen LogP) is 3.77. The van der Waals surface area contributed by atoms with E-state index in [1.807, 2.05) is 25.7 Å². The first-order valence-electron chi connectivity index (χ1n) is 6.03. The van der Waals surface area contributed by atoms with Crippen molar-refractivity contribution in [2.24, 2.45) is 0 Å². The summed E-state index contributed by atoms with van der Waals surface area (Å²) in [6.07, 6.45) is 5.50. The van der Waals surface area contributed by atoms with Crippen molar-refractivity contribution < 1.29 is 0 Å². The van der Waals surface area contributed by atoms with Crippen LogP contribution < -0.4 is 5.32 Å². The van der Waals surface area contributed by atoms with E-state index >= 15 is 0 Å². The summed E-state index contributed by atoms with van der Waals surface area (Å²) in [6.45, 7) is 2.01. The van der Waals surface area contributed by atoms with Gasteiger partial charge in [-0.15, -0.1) is 0 Å². The fourth-order valence-electron chi connectivity index (χ4n) is 2.09. The Morgan fingerprint density at radius 2 is 2.06 bits per heavy atom. The van der Waals surface area contributed by atoms with Gasteiger partial charge < -0.3 is 5.32 Å². The summed E-state index contributed by atoms with van der Waals surface area (Å²) >= 11 is 5.50. The minimum atomic E-state index is 0.820. The number of halogens is 1. The molecule has 1 aromatic heterocycles. The lowest BCUT2D eigenvalue weighted by Crippen LogP contribution is -2.04. The molecule has 0 radical (unpaired) electrons. The quantitative estimate of drug-likeness (QED) is 0.918. The largest absolute Gasteiger partial charge is 0.372 e. The maximum atomic E-state index is 4.52. The van der Waals surface area contributed by atoms with Gasteiger partial charge in [0.15, 0.2) is 0 Å². The molecule has 17 heavy (non-hydrogen) atoms. The molecule has 94 valence electrons. The monoisotopic (exact) mass is 315 g/mol. The van der Waals surface area contributed by atoms with E-state index in [9.17, 15) is 0 Å². The third-order valence-corrected chi connectivity index (χ3v) is 5.37. The van der Waals surface area contributed by atoms with Crippen LogP contribution in [-0.2, 0) is 5.75 Å². The van der Waals surface area contributed by atoms with Crippen molar-refractivity contribution >= 4 is 33.5 Å². The maximum absolute atomic E-state index is 4.52. The molecule has 0 unspecified atom stereocenters. The maximum Gasteiger partial charge on any atom is 0.144 e. The van der Waals surface area contributed by atoms with Gasteiger partial charge in [0.25, 0.3) is 0 Å². The van der Waals surface area contributed by atoms with Gasteiger partial charge in [-0.2, -0.15) is 11.8 Å². The van der Waals surface area contributed by atoms with Gasteiger partial charge in [-0.3, -0.25) is 0 Å². The van der Waals surface area contributed by atoms with Crippen molar-refractivity contribution in [1.29, 1.82) is 0 Å². The Morgan fingerprint density at radius 3 is 2.71 bits per heavy atom. The molecule has 2 rings (SSSR count). The number of thioether (sulfide) groups is 1. The standard InChI is InChI=1S/C12H18BrN3S/c1-8-11(13)12(14-2)16-10(15-8)7-17-9-5-3-4-6-9/h9H,3-7H2,1-2H3,(H,14,15,16). The number of hydrogen-bond acceptors (Lipinski definition) is 4. The average Bonchev–Trinajstić information content (AvgIpc) is 2.83. The summed E-state index contributed by atoms with van der Waals surface area (Å²) in [5.41, 5.74) is 1.01. The molecule has 1 aromatic rings. The molecule has 0 amide bonds. The predicted molar refractivity (Wildman–Crippen MR) is 77.6 cm³/mol. The van der Waals surface area contributed by atoms with Gasteiger partial charge in [0.05, 0.1) is 15.9 Å². The minimum absolute atomic E-state index is 0.820. The number of nitrogens with zero attached hydrogens (tertiary/aromatic N) is 2. The van der Waals surface area contributed by atoms with Crippen molar-refractivity contribution in [3.63, 3.8) is 0 Å². The lowest BCUT2D eigenvalue weighted by molar-refractivity contribution is 0.886. The molecule has 0 atom stereocenters. The highest BCUT2D eigenvalue weighted by Gasteiger charge is 2.16. The van der Waals surface area contributed by atoms with Crippen LogP contribution in [0.3, 0.4) is 0 Å². The normalized spacial score (nSPS) is 16.4. The van der Waals surface area contributed by atoms with Crippen molar-refractivity contribution in [2.75, 3.05) is 12.4 Å². The van der Waals surface area contributed by atoms with E-state index in [0.717, 1.165) is 32.8 Å². The highest BCUT2D eigenvalue weighted by molar-refractivity contribution is 9.10. The van der Waals surface area contributed by atoms with Crippen LogP contribution in [0.1, 0.15) is 37.2 Å². The van der Waals surface area contributed by atoms with Crippen molar-refractivity contribution in [3.05, 3.63) is 16.0 Å². The molecule has 1 heterocycles. The van der Waals surface area contributed by atoms with Gasteiger partial charge in [-0.25, -0.2) is 9.97 Å². The fourth-order valence-corrected chi connectivity index (χ4v) is 3.65. The zero-order valence-electron chi connectivity index (χ0n) is 10.3. The molecule has 1 aliphatic carbocycles. The number of anilines is 1. The van der Waals surface area contributed by atoms with Gasteiger partial charge in [0.2, 0.25) is 0 Å². The average molecular weight is 316 g/mol. The van der Waals surface area contributed by atoms with Gasteiger partial charge in [0.1, 0.15) is 11.6 Å². The topological polar surface area (TPSA) is 37.8 Å². The van der Waals surface area contributed by atoms with Crippen LogP contribution in [-0.4, -0.2) is 22.3 Å². The second-order valence-electron chi connectivity index (χ2n) is 4.36. The van der Waals surface area contributed by atoms with E-state index in [4.69, 9.17) is 0 Å². The first-order valence-corrected chi connectivity index (χ1v) is 7.87. The minimum Gasteiger partial charge on any atom is -0.372 e. The Balaban J connectivity index is 2.02. The van der Waals surface area contributed by atoms with Gasteiger partial charge in [-0.05, 0) is 35.7 Å². The molecule has 1 N–H and O–H groups in total. The Labute approximate surface area is 115 Å². The van der Waals surface area contributed by atoms with Crippen LogP contribution in [0.15, 0.2) is 4.47 Å². The van der Waals surface area contributed by atoms with E-state index in [0.29, 0.717) is 0 Å². The first kappa shape index (κ1) is 13.1. The Bertz CT molecular complexity index is 392. The first-order chi connectivity index (χ1) is 8.20. The molecular formula is C12H18BrN3S. The summed E-state index contributed by atoms with van der Waals surface area (Å²) in [5.74, 6) is 2.75. The van der Waals surface area contributed by atoms with Crippen molar-refractivity contribution in [1.82, 2.24) is 9.97 Å². The molecule has 3 nitrogen and oxygen atoms in total. The molecule has 1 aliphatic rings. The third-order valence-electron chi connectivity index (χ3n) is 3.05. The molecule has 0 spiro atoms. The molecule has 0 saturated heterocycles. The number of aromatic nitrogens is 2. The fraction of sp³-hybridized carbons (Fsp3) is 0.667. The SMILES string of the molecule is CNc1nc(CSC2CCCC2)nc(C)c1Br. The number of aryl methyl sites for hydroxylation is 1. The summed E-state index contributed by atoms with van der Waals surface area (Å²) in [4.78, 5) is 9.05. The molecule has 0 aromatic carbocycles. The van der Waals surface area contributed by atoms with Crippen molar-refractivity contribution in [3.8, 4) is 0 Å². The molecule has 0 aliphatic heterocycles. The summed E-state index contributed by atoms with van der Waals surface area (Å²) in [7, 11) is 1.89. The van der Waals surface area contributed by atoms with Crippen LogP contribution in [0, 0.1) is 6.92 Å². The van der Waals surface area contributed by atoms with E-state index < -0.39 is 0 Å². The highest BCUT2D eigenvalue weighted by Crippen LogP contribution is 2.31. The zero-order valence-corrected chi connectivity index (χ0v) is 12.7. The zero-order chi connectivity index (χ0) is 12.3. The summed E-state index contributed by atoms with van der Waals surface area (Å²) in [6, 6.07) is 0. The Kier molecular flexibility index (Phi) is 4.68. The molecule has 0 bridgehead atoms. The third kappa shape index (κ3) is 3.35. The van der Waals surface area contributed by atoms with Gasteiger partial charge in [0, 0.05) is 12.3 Å². The number of nitrogens with one attached hydrogen (secondary N) is 1. The lowest BCUT2D eigenvalue weighted by atomic mass is 10.4. The van der Waals surface area contributed by atoms with Crippen LogP contribution in [0.2, 0.25) is 0 Å². The molecule has 5 heteroatoms.